The Balaban J connectivity index is 1.29. The van der Waals surface area contributed by atoms with Gasteiger partial charge in [-0.05, 0) is 50.9 Å². The number of esters is 1. The summed E-state index contributed by atoms with van der Waals surface area (Å²) in [6.07, 6.45) is 4.29. The van der Waals surface area contributed by atoms with E-state index in [2.05, 4.69) is 12.2 Å². The number of amides is 2. The average molecular weight is 407 g/mol. The lowest BCUT2D eigenvalue weighted by Gasteiger charge is -2.37. The van der Waals surface area contributed by atoms with Crippen LogP contribution in [0.1, 0.15) is 36.2 Å². The highest BCUT2D eigenvalue weighted by atomic mass is 16.5. The van der Waals surface area contributed by atoms with Gasteiger partial charge in [-0.1, -0.05) is 42.0 Å². The van der Waals surface area contributed by atoms with Gasteiger partial charge in [0.25, 0.3) is 0 Å². The van der Waals surface area contributed by atoms with E-state index in [-0.39, 0.29) is 41.3 Å². The summed E-state index contributed by atoms with van der Waals surface area (Å²) in [7, 11) is 0. The molecule has 2 amide bonds. The minimum absolute atomic E-state index is 0.108. The maximum Gasteiger partial charge on any atom is 0.329 e. The lowest BCUT2D eigenvalue weighted by Crippen LogP contribution is -2.46. The predicted octanol–water partition coefficient (Wildman–Crippen LogP) is 2.55. The topological polar surface area (TPSA) is 80.8 Å². The molecule has 1 saturated heterocycles. The molecule has 0 radical (unpaired) electrons. The Labute approximate surface area is 175 Å². The summed E-state index contributed by atoms with van der Waals surface area (Å²) in [5, 5.41) is 0. The molecule has 3 fully saturated rings. The zero-order chi connectivity index (χ0) is 21.3. The molecule has 0 N–H and O–H groups in total. The molecular formula is C24H25NO5. The molecule has 1 aliphatic heterocycles. The fraction of sp³-hybridized carbons (Fsp3) is 0.500. The van der Waals surface area contributed by atoms with Crippen LogP contribution in [0.2, 0.25) is 0 Å². The molecule has 1 heterocycles. The van der Waals surface area contributed by atoms with Gasteiger partial charge in [0, 0.05) is 5.56 Å². The van der Waals surface area contributed by atoms with Gasteiger partial charge in [-0.2, -0.15) is 0 Å². The zero-order valence-electron chi connectivity index (χ0n) is 17.3. The Hall–Kier alpha value is -2.76. The summed E-state index contributed by atoms with van der Waals surface area (Å²) in [6, 6.07) is 5.98. The number of carbonyl (C=O) groups excluding carboxylic acids is 4. The lowest BCUT2D eigenvalue weighted by molar-refractivity contribution is -0.160. The molecule has 4 aliphatic carbocycles. The van der Waals surface area contributed by atoms with Crippen molar-refractivity contribution < 1.29 is 23.9 Å². The Morgan fingerprint density at radius 1 is 0.967 bits per heavy atom. The number of nitrogens with zero attached hydrogens (tertiary/aromatic N) is 1. The number of aryl methyl sites for hydroxylation is 1. The summed E-state index contributed by atoms with van der Waals surface area (Å²) in [5.41, 5.74) is 1.48. The van der Waals surface area contributed by atoms with Gasteiger partial charge in [-0.25, -0.2) is 4.79 Å². The van der Waals surface area contributed by atoms with Crippen molar-refractivity contribution in [2.24, 2.45) is 35.5 Å². The van der Waals surface area contributed by atoms with Crippen molar-refractivity contribution in [3.63, 3.8) is 0 Å². The van der Waals surface area contributed by atoms with Crippen molar-refractivity contribution in [2.75, 3.05) is 0 Å². The average Bonchev–Trinajstić information content (AvgIpc) is 3.51. The second kappa shape index (κ2) is 6.62. The van der Waals surface area contributed by atoms with E-state index in [0.717, 1.165) is 16.9 Å². The van der Waals surface area contributed by atoms with Crippen LogP contribution in [-0.2, 0) is 19.1 Å². The number of imide groups is 1. The number of rotatable bonds is 5. The molecular weight excluding hydrogens is 382 g/mol. The Morgan fingerprint density at radius 3 is 2.03 bits per heavy atom. The van der Waals surface area contributed by atoms with Crippen LogP contribution >= 0.6 is 0 Å². The van der Waals surface area contributed by atoms with Gasteiger partial charge in [-0.15, -0.1) is 0 Å². The van der Waals surface area contributed by atoms with Crippen molar-refractivity contribution in [2.45, 2.75) is 39.3 Å². The molecule has 5 aliphatic rings. The van der Waals surface area contributed by atoms with Crippen molar-refractivity contribution in [1.82, 2.24) is 4.90 Å². The summed E-state index contributed by atoms with van der Waals surface area (Å²) in [6.45, 7) is 4.94. The monoisotopic (exact) mass is 407 g/mol. The molecule has 1 aromatic carbocycles. The molecule has 30 heavy (non-hydrogen) atoms. The highest BCUT2D eigenvalue weighted by molar-refractivity contribution is 6.09. The molecule has 6 rings (SSSR count). The third-order valence-corrected chi connectivity index (χ3v) is 7.42. The number of benzene rings is 1. The predicted molar refractivity (Wildman–Crippen MR) is 107 cm³/mol. The first-order chi connectivity index (χ1) is 14.3. The quantitative estimate of drug-likeness (QED) is 0.324. The molecule has 8 unspecified atom stereocenters. The van der Waals surface area contributed by atoms with Crippen LogP contribution in [0, 0.1) is 42.4 Å². The number of hydrogen-bond acceptors (Lipinski definition) is 5. The Morgan fingerprint density at radius 2 is 1.50 bits per heavy atom. The number of hydrogen-bond donors (Lipinski definition) is 0. The molecule has 6 heteroatoms. The minimum atomic E-state index is -1.04. The van der Waals surface area contributed by atoms with Gasteiger partial charge >= 0.3 is 5.97 Å². The fourth-order valence-corrected chi connectivity index (χ4v) is 5.75. The highest BCUT2D eigenvalue weighted by Gasteiger charge is 2.67. The molecule has 2 saturated carbocycles. The largest absolute Gasteiger partial charge is 0.453 e. The highest BCUT2D eigenvalue weighted by Crippen LogP contribution is 2.65. The molecule has 1 aromatic rings. The zero-order valence-corrected chi connectivity index (χ0v) is 17.3. The van der Waals surface area contributed by atoms with E-state index < -0.39 is 18.1 Å². The van der Waals surface area contributed by atoms with Crippen molar-refractivity contribution in [3.8, 4) is 0 Å². The van der Waals surface area contributed by atoms with Crippen molar-refractivity contribution in [3.05, 3.63) is 47.5 Å². The molecule has 156 valence electrons. The SMILES string of the molecule is Cc1ccc(C(=O)C(C)OC(=O)C(C)N2C(=O)C3C4C=CC(C5CC45)C3C2=O)cc1. The van der Waals surface area contributed by atoms with Gasteiger partial charge in [-0.3, -0.25) is 19.3 Å². The summed E-state index contributed by atoms with van der Waals surface area (Å²) in [5.74, 6) is -1.04. The first-order valence-electron chi connectivity index (χ1n) is 10.7. The summed E-state index contributed by atoms with van der Waals surface area (Å²) < 4.78 is 5.37. The van der Waals surface area contributed by atoms with Crippen LogP contribution in [0.25, 0.3) is 0 Å². The molecule has 8 atom stereocenters. The van der Waals surface area contributed by atoms with Crippen LogP contribution in [0.5, 0.6) is 0 Å². The van der Waals surface area contributed by atoms with Crippen LogP contribution in [0.3, 0.4) is 0 Å². The number of ether oxygens (including phenoxy) is 1. The number of carbonyl (C=O) groups is 4. The molecule has 6 nitrogen and oxygen atoms in total. The number of Topliss-reactive ketones (excluding diaryl/α,β-unsaturated/α-hetero) is 1. The third-order valence-electron chi connectivity index (χ3n) is 7.42. The second-order valence-electron chi connectivity index (χ2n) is 9.19. The number of allylic oxidation sites excluding steroid dienone is 2. The van der Waals surface area contributed by atoms with Crippen LogP contribution in [0.15, 0.2) is 36.4 Å². The molecule has 0 aromatic heterocycles. The van der Waals surface area contributed by atoms with E-state index in [4.69, 9.17) is 4.74 Å². The lowest BCUT2D eigenvalue weighted by atomic mass is 9.63. The minimum Gasteiger partial charge on any atom is -0.453 e. The van der Waals surface area contributed by atoms with E-state index >= 15 is 0 Å². The fourth-order valence-electron chi connectivity index (χ4n) is 5.75. The normalized spacial score (nSPS) is 35.0. The smallest absolute Gasteiger partial charge is 0.329 e. The second-order valence-corrected chi connectivity index (χ2v) is 9.19. The van der Waals surface area contributed by atoms with Crippen LogP contribution in [0.4, 0.5) is 0 Å². The van der Waals surface area contributed by atoms with E-state index in [1.165, 1.54) is 13.8 Å². The van der Waals surface area contributed by atoms with Gasteiger partial charge in [0.05, 0.1) is 11.8 Å². The third kappa shape index (κ3) is 2.69. The first kappa shape index (κ1) is 19.2. The van der Waals surface area contributed by atoms with Crippen LogP contribution in [-0.4, -0.2) is 40.6 Å². The Kier molecular flexibility index (Phi) is 4.24. The van der Waals surface area contributed by atoms with E-state index in [0.29, 0.717) is 17.4 Å². The Bertz CT molecular complexity index is 944. The first-order valence-corrected chi connectivity index (χ1v) is 10.7. The van der Waals surface area contributed by atoms with E-state index in [1.807, 2.05) is 19.1 Å². The summed E-state index contributed by atoms with van der Waals surface area (Å²) >= 11 is 0. The van der Waals surface area contributed by atoms with Gasteiger partial charge in [0.15, 0.2) is 6.10 Å². The van der Waals surface area contributed by atoms with Gasteiger partial charge < -0.3 is 4.74 Å². The molecule has 0 spiro atoms. The molecule has 2 bridgehead atoms. The number of ketones is 1. The summed E-state index contributed by atoms with van der Waals surface area (Å²) in [4.78, 5) is 52.6. The maximum absolute atomic E-state index is 13.1. The standard InChI is InChI=1S/C24H25NO5/c1-11-4-6-14(7-5-11)21(26)13(3)30-24(29)12(2)25-22(27)19-15-8-9-16(18-10-17(15)18)20(19)23(25)28/h4-9,12-13,15-20H,10H2,1-3H3. The van der Waals surface area contributed by atoms with Gasteiger partial charge in [0.2, 0.25) is 17.6 Å². The van der Waals surface area contributed by atoms with E-state index in [9.17, 15) is 19.2 Å². The maximum atomic E-state index is 13.1. The van der Waals surface area contributed by atoms with Crippen LogP contribution < -0.4 is 0 Å². The number of likely N-dealkylation sites (tertiary alicyclic amines) is 1. The van der Waals surface area contributed by atoms with Crippen molar-refractivity contribution >= 4 is 23.6 Å². The van der Waals surface area contributed by atoms with Crippen molar-refractivity contribution in [1.29, 1.82) is 0 Å². The van der Waals surface area contributed by atoms with E-state index in [1.54, 1.807) is 12.1 Å². The van der Waals surface area contributed by atoms with Gasteiger partial charge in [0.1, 0.15) is 6.04 Å².